The Balaban J connectivity index is 1.44. The summed E-state index contributed by atoms with van der Waals surface area (Å²) in [5.41, 5.74) is 1.80. The lowest BCUT2D eigenvalue weighted by Crippen LogP contribution is -2.58. The molecule has 0 aliphatic carbocycles. The van der Waals surface area contributed by atoms with Crippen LogP contribution < -0.4 is 0 Å². The van der Waals surface area contributed by atoms with E-state index >= 15 is 0 Å². The van der Waals surface area contributed by atoms with Gasteiger partial charge in [-0.1, -0.05) is 6.07 Å². The van der Waals surface area contributed by atoms with Crippen molar-refractivity contribution < 1.29 is 17.6 Å². The molecule has 0 amide bonds. The van der Waals surface area contributed by atoms with E-state index in [0.29, 0.717) is 16.3 Å². The van der Waals surface area contributed by atoms with E-state index in [-0.39, 0.29) is 11.0 Å². The zero-order valence-corrected chi connectivity index (χ0v) is 16.7. The Morgan fingerprint density at radius 3 is 2.50 bits per heavy atom. The molecule has 2 aliphatic heterocycles. The summed E-state index contributed by atoms with van der Waals surface area (Å²) in [7, 11) is 2.15. The number of hydrogen-bond donors (Lipinski definition) is 0. The summed E-state index contributed by atoms with van der Waals surface area (Å²) < 4.78 is 54.6. The maximum absolute atomic E-state index is 14.3. The second-order valence-corrected chi connectivity index (χ2v) is 8.86. The number of aromatic nitrogens is 3. The number of rotatable bonds is 3. The van der Waals surface area contributed by atoms with Crippen molar-refractivity contribution in [2.24, 2.45) is 5.41 Å². The predicted molar refractivity (Wildman–Crippen MR) is 105 cm³/mol. The number of hydrogen-bond acceptors (Lipinski definition) is 4. The molecule has 9 heteroatoms. The third-order valence-corrected chi connectivity index (χ3v) is 6.53. The Morgan fingerprint density at radius 2 is 1.83 bits per heavy atom. The molecular weight excluding hydrogens is 398 g/mol. The maximum atomic E-state index is 14.3. The third kappa shape index (κ3) is 3.43. The van der Waals surface area contributed by atoms with E-state index in [1.165, 1.54) is 12.8 Å². The van der Waals surface area contributed by atoms with Gasteiger partial charge in [0.15, 0.2) is 0 Å². The summed E-state index contributed by atoms with van der Waals surface area (Å²) in [6.07, 6.45) is -1.08. The van der Waals surface area contributed by atoms with Gasteiger partial charge in [0.2, 0.25) is 5.95 Å². The van der Waals surface area contributed by atoms with Crippen molar-refractivity contribution in [3.05, 3.63) is 36.0 Å². The van der Waals surface area contributed by atoms with Crippen molar-refractivity contribution in [2.45, 2.75) is 32.1 Å². The molecule has 3 aromatic rings. The Kier molecular flexibility index (Phi) is 4.52. The minimum atomic E-state index is -4.47. The minimum Gasteiger partial charge on any atom is -0.326 e. The molecule has 2 aliphatic rings. The molecule has 160 valence electrons. The van der Waals surface area contributed by atoms with E-state index in [2.05, 4.69) is 26.8 Å². The van der Waals surface area contributed by atoms with Gasteiger partial charge in [0, 0.05) is 25.0 Å². The van der Waals surface area contributed by atoms with Crippen molar-refractivity contribution in [1.29, 1.82) is 0 Å². The monoisotopic (exact) mass is 421 g/mol. The van der Waals surface area contributed by atoms with Crippen LogP contribution in [0.15, 0.2) is 24.5 Å². The van der Waals surface area contributed by atoms with Crippen molar-refractivity contribution >= 4 is 21.9 Å². The molecule has 0 bridgehead atoms. The highest BCUT2D eigenvalue weighted by molar-refractivity contribution is 6.05. The first-order valence-electron chi connectivity index (χ1n) is 10.1. The van der Waals surface area contributed by atoms with Gasteiger partial charge in [-0.25, -0.2) is 9.97 Å². The van der Waals surface area contributed by atoms with E-state index < -0.39 is 18.7 Å². The molecule has 5 rings (SSSR count). The minimum absolute atomic E-state index is 0.198. The number of likely N-dealkylation sites (tertiary alicyclic amines) is 2. The van der Waals surface area contributed by atoms with Gasteiger partial charge in [-0.2, -0.15) is 17.6 Å². The number of fused-ring (bicyclic) bond motifs is 3. The summed E-state index contributed by atoms with van der Waals surface area (Å²) in [4.78, 5) is 12.3. The Bertz CT molecular complexity index is 1090. The average Bonchev–Trinajstić information content (AvgIpc) is 2.95. The molecule has 0 N–H and O–H groups in total. The fourth-order valence-corrected chi connectivity index (χ4v) is 5.22. The smallest absolute Gasteiger partial charge is 0.326 e. The van der Waals surface area contributed by atoms with Gasteiger partial charge in [0.1, 0.15) is 23.9 Å². The SMILES string of the molecule is CN1CC2(CCN(Cc3ccc4c(c3)c3ncnc(F)c3n4CC(F)(F)F)CC2)C1. The van der Waals surface area contributed by atoms with Gasteiger partial charge in [-0.15, -0.1) is 0 Å². The molecule has 0 atom stereocenters. The molecule has 5 nitrogen and oxygen atoms in total. The second kappa shape index (κ2) is 6.88. The van der Waals surface area contributed by atoms with Gasteiger partial charge in [-0.05, 0) is 56.1 Å². The van der Waals surface area contributed by atoms with Crippen LogP contribution in [0.2, 0.25) is 0 Å². The fourth-order valence-electron chi connectivity index (χ4n) is 5.22. The fraction of sp³-hybridized carbons (Fsp3) is 0.524. The van der Waals surface area contributed by atoms with E-state index in [0.717, 1.165) is 49.2 Å². The van der Waals surface area contributed by atoms with Crippen molar-refractivity contribution in [3.8, 4) is 0 Å². The summed E-state index contributed by atoms with van der Waals surface area (Å²) in [5, 5.41) is 0.530. The van der Waals surface area contributed by atoms with Gasteiger partial charge in [-0.3, -0.25) is 4.90 Å². The van der Waals surface area contributed by atoms with E-state index in [1.807, 2.05) is 12.1 Å². The average molecular weight is 421 g/mol. The molecule has 0 unspecified atom stereocenters. The molecule has 2 aromatic heterocycles. The highest BCUT2D eigenvalue weighted by atomic mass is 19.4. The molecule has 2 saturated heterocycles. The highest BCUT2D eigenvalue weighted by Gasteiger charge is 2.42. The Morgan fingerprint density at radius 1 is 1.10 bits per heavy atom. The summed E-state index contributed by atoms with van der Waals surface area (Å²) in [6, 6.07) is 5.32. The molecule has 2 fully saturated rings. The van der Waals surface area contributed by atoms with E-state index in [9.17, 15) is 17.6 Å². The summed E-state index contributed by atoms with van der Waals surface area (Å²) in [5.74, 6) is -0.936. The zero-order valence-electron chi connectivity index (χ0n) is 16.7. The standard InChI is InChI=1S/C21H23F4N5/c1-28-10-20(11-28)4-6-29(7-5-20)9-14-2-3-16-15(8-14)17-18(19(22)27-13-26-17)30(16)12-21(23,24)25/h2-3,8,13H,4-7,9-12H2,1H3. The molecule has 0 saturated carbocycles. The normalized spacial score (nSPS) is 20.3. The lowest BCUT2D eigenvalue weighted by Gasteiger charge is -2.53. The second-order valence-electron chi connectivity index (χ2n) is 8.86. The summed E-state index contributed by atoms with van der Waals surface area (Å²) >= 11 is 0. The number of halogens is 4. The van der Waals surface area contributed by atoms with Gasteiger partial charge >= 0.3 is 6.18 Å². The number of nitrogens with zero attached hydrogens (tertiary/aromatic N) is 5. The maximum Gasteiger partial charge on any atom is 0.406 e. The molecule has 4 heterocycles. The van der Waals surface area contributed by atoms with Crippen molar-refractivity contribution in [3.63, 3.8) is 0 Å². The molecule has 30 heavy (non-hydrogen) atoms. The van der Waals surface area contributed by atoms with Crippen LogP contribution in [-0.4, -0.2) is 63.7 Å². The van der Waals surface area contributed by atoms with Gasteiger partial charge in [0.05, 0.1) is 5.52 Å². The van der Waals surface area contributed by atoms with Crippen LogP contribution in [0, 0.1) is 11.4 Å². The van der Waals surface area contributed by atoms with Crippen LogP contribution in [-0.2, 0) is 13.1 Å². The Labute approximate surface area is 171 Å². The van der Waals surface area contributed by atoms with Crippen LogP contribution in [0.1, 0.15) is 18.4 Å². The van der Waals surface area contributed by atoms with Crippen molar-refractivity contribution in [2.75, 3.05) is 33.2 Å². The van der Waals surface area contributed by atoms with Gasteiger partial charge in [0.25, 0.3) is 0 Å². The zero-order chi connectivity index (χ0) is 21.1. The number of benzene rings is 1. The molecular formula is C21H23F4N5. The lowest BCUT2D eigenvalue weighted by molar-refractivity contribution is -0.139. The first kappa shape index (κ1) is 19.7. The molecule has 1 aromatic carbocycles. The molecule has 0 radical (unpaired) electrons. The Hall–Kier alpha value is -2.26. The highest BCUT2D eigenvalue weighted by Crippen LogP contribution is 2.40. The number of piperidine rings is 1. The lowest BCUT2D eigenvalue weighted by atomic mass is 9.72. The van der Waals surface area contributed by atoms with Crippen LogP contribution >= 0.6 is 0 Å². The molecule has 1 spiro atoms. The third-order valence-electron chi connectivity index (χ3n) is 6.53. The predicted octanol–water partition coefficient (Wildman–Crippen LogP) is 3.81. The topological polar surface area (TPSA) is 37.2 Å². The first-order chi connectivity index (χ1) is 14.2. The van der Waals surface area contributed by atoms with E-state index in [4.69, 9.17) is 0 Å². The van der Waals surface area contributed by atoms with Crippen LogP contribution in [0.4, 0.5) is 17.6 Å². The quantitative estimate of drug-likeness (QED) is 0.476. The first-order valence-corrected chi connectivity index (χ1v) is 10.1. The van der Waals surface area contributed by atoms with Gasteiger partial charge < -0.3 is 9.47 Å². The van der Waals surface area contributed by atoms with Crippen LogP contribution in [0.5, 0.6) is 0 Å². The van der Waals surface area contributed by atoms with Crippen LogP contribution in [0.25, 0.3) is 21.9 Å². The largest absolute Gasteiger partial charge is 0.406 e. The van der Waals surface area contributed by atoms with Crippen LogP contribution in [0.3, 0.4) is 0 Å². The number of alkyl halides is 3. The van der Waals surface area contributed by atoms with Crippen molar-refractivity contribution in [1.82, 2.24) is 24.3 Å². The summed E-state index contributed by atoms with van der Waals surface area (Å²) in [6.45, 7) is 3.80. The van der Waals surface area contributed by atoms with E-state index in [1.54, 1.807) is 6.07 Å².